The summed E-state index contributed by atoms with van der Waals surface area (Å²) < 4.78 is 31.2. The minimum absolute atomic E-state index is 0.189. The molecule has 0 spiro atoms. The van der Waals surface area contributed by atoms with Gasteiger partial charge in [0.05, 0.1) is 30.1 Å². The fourth-order valence-electron chi connectivity index (χ4n) is 4.35. The quantitative estimate of drug-likeness (QED) is 0.333. The van der Waals surface area contributed by atoms with E-state index in [1.807, 2.05) is 30.0 Å². The van der Waals surface area contributed by atoms with Crippen LogP contribution in [0.4, 0.5) is 11.4 Å². The van der Waals surface area contributed by atoms with Gasteiger partial charge in [-0.3, -0.25) is 9.71 Å². The molecule has 1 aliphatic heterocycles. The van der Waals surface area contributed by atoms with Crippen LogP contribution in [0.2, 0.25) is 0 Å². The summed E-state index contributed by atoms with van der Waals surface area (Å²) in [5.74, 6) is 1.19. The van der Waals surface area contributed by atoms with Crippen molar-refractivity contribution in [2.45, 2.75) is 51.7 Å². The Kier molecular flexibility index (Phi) is 10.6. The average Bonchev–Trinajstić information content (AvgIpc) is 2.90. The van der Waals surface area contributed by atoms with E-state index in [1.54, 1.807) is 18.5 Å². The van der Waals surface area contributed by atoms with Crippen LogP contribution in [0.3, 0.4) is 0 Å². The van der Waals surface area contributed by atoms with E-state index in [-0.39, 0.29) is 11.6 Å². The predicted molar refractivity (Wildman–Crippen MR) is 159 cm³/mol. The molecule has 3 aromatic rings. The number of aromatic nitrogens is 2. The summed E-state index contributed by atoms with van der Waals surface area (Å²) in [6.07, 6.45) is 9.88. The molecule has 1 aromatic carbocycles. The van der Waals surface area contributed by atoms with Crippen LogP contribution in [0.1, 0.15) is 52.0 Å². The topological polar surface area (TPSA) is 108 Å². The second-order valence-corrected chi connectivity index (χ2v) is 12.6. The van der Waals surface area contributed by atoms with Gasteiger partial charge in [0.2, 0.25) is 15.9 Å². The molecule has 1 fully saturated rings. The van der Waals surface area contributed by atoms with Gasteiger partial charge in [-0.1, -0.05) is 52.5 Å². The lowest BCUT2D eigenvalue weighted by atomic mass is 10.0. The summed E-state index contributed by atoms with van der Waals surface area (Å²) in [5, 5.41) is 11.1. The standard InChI is InChI=1S/C22H23N5O3S2.C6H14/c1-14-13-27(6-7-31-14)21-17(10-23)12-24-19-5-4-15(8-18(19)21)16-9-20(26-32(3,28)29)22(30-2)25-11-16;1-3-5-6-4-2/h4-5,8-9,11-12,14,26H,6-7,13H2,1-3H3;3-6H2,1-2H3. The first-order valence-electron chi connectivity index (χ1n) is 12.9. The highest BCUT2D eigenvalue weighted by atomic mass is 32.2. The Morgan fingerprint density at radius 1 is 1.16 bits per heavy atom. The number of anilines is 2. The first kappa shape index (κ1) is 29.5. The summed E-state index contributed by atoms with van der Waals surface area (Å²) in [7, 11) is -2.07. The molecule has 1 N–H and O–H groups in total. The van der Waals surface area contributed by atoms with Gasteiger partial charge in [-0.15, -0.1) is 0 Å². The Morgan fingerprint density at radius 2 is 1.89 bits per heavy atom. The van der Waals surface area contributed by atoms with Crippen LogP contribution in [-0.4, -0.2) is 55.8 Å². The van der Waals surface area contributed by atoms with Gasteiger partial charge in [0.1, 0.15) is 11.8 Å². The third-order valence-electron chi connectivity index (χ3n) is 6.15. The van der Waals surface area contributed by atoms with Crippen LogP contribution in [-0.2, 0) is 10.0 Å². The average molecular weight is 556 g/mol. The van der Waals surface area contributed by atoms with Crippen molar-refractivity contribution in [1.82, 2.24) is 9.97 Å². The van der Waals surface area contributed by atoms with Gasteiger partial charge >= 0.3 is 0 Å². The van der Waals surface area contributed by atoms with Gasteiger partial charge in [0, 0.05) is 47.4 Å². The van der Waals surface area contributed by atoms with Crippen LogP contribution >= 0.6 is 11.8 Å². The molecule has 1 saturated heterocycles. The van der Waals surface area contributed by atoms with Crippen molar-refractivity contribution in [3.05, 3.63) is 42.2 Å². The minimum atomic E-state index is -3.50. The minimum Gasteiger partial charge on any atom is -0.480 e. The number of ether oxygens (including phenoxy) is 1. The number of thioether (sulfide) groups is 1. The molecular formula is C28H37N5O3S2. The molecule has 10 heteroatoms. The van der Waals surface area contributed by atoms with Crippen LogP contribution in [0.25, 0.3) is 22.0 Å². The van der Waals surface area contributed by atoms with E-state index in [4.69, 9.17) is 4.74 Å². The van der Waals surface area contributed by atoms with E-state index in [0.29, 0.717) is 10.8 Å². The summed E-state index contributed by atoms with van der Waals surface area (Å²) in [6, 6.07) is 9.78. The van der Waals surface area contributed by atoms with E-state index in [0.717, 1.165) is 52.8 Å². The number of nitriles is 1. The predicted octanol–water partition coefficient (Wildman–Crippen LogP) is 6.08. The molecule has 2 aromatic heterocycles. The molecule has 3 heterocycles. The van der Waals surface area contributed by atoms with Crippen LogP contribution in [0.15, 0.2) is 36.7 Å². The number of benzene rings is 1. The molecule has 1 atom stereocenters. The van der Waals surface area contributed by atoms with E-state index >= 15 is 0 Å². The van der Waals surface area contributed by atoms with Crippen molar-refractivity contribution in [3.63, 3.8) is 0 Å². The fourth-order valence-corrected chi connectivity index (χ4v) is 5.91. The number of nitrogens with one attached hydrogen (secondary N) is 1. The maximum atomic E-state index is 11.8. The lowest BCUT2D eigenvalue weighted by Crippen LogP contribution is -2.37. The lowest BCUT2D eigenvalue weighted by Gasteiger charge is -2.33. The van der Waals surface area contributed by atoms with Gasteiger partial charge in [-0.2, -0.15) is 17.0 Å². The number of pyridine rings is 2. The normalized spacial score (nSPS) is 15.4. The fraction of sp³-hybridized carbons (Fsp3) is 0.464. The largest absolute Gasteiger partial charge is 0.480 e. The maximum Gasteiger partial charge on any atom is 0.238 e. The van der Waals surface area contributed by atoms with E-state index in [9.17, 15) is 13.7 Å². The first-order valence-corrected chi connectivity index (χ1v) is 15.9. The van der Waals surface area contributed by atoms with E-state index in [2.05, 4.69) is 46.4 Å². The van der Waals surface area contributed by atoms with Gasteiger partial charge in [-0.25, -0.2) is 13.4 Å². The number of sulfonamides is 1. The highest BCUT2D eigenvalue weighted by Crippen LogP contribution is 2.36. The molecular weight excluding hydrogens is 518 g/mol. The molecule has 0 radical (unpaired) electrons. The smallest absolute Gasteiger partial charge is 0.238 e. The van der Waals surface area contributed by atoms with Crippen LogP contribution in [0.5, 0.6) is 5.88 Å². The zero-order chi connectivity index (χ0) is 27.7. The van der Waals surface area contributed by atoms with Crippen molar-refractivity contribution in [2.75, 3.05) is 41.8 Å². The molecule has 0 aliphatic carbocycles. The number of methoxy groups -OCH3 is 1. The number of fused-ring (bicyclic) bond motifs is 1. The molecule has 0 bridgehead atoms. The second kappa shape index (κ2) is 13.7. The SMILES string of the molecule is CCCCCC.COc1ncc(-c2ccc3ncc(C#N)c(N4CCSC(C)C4)c3c2)cc1NS(C)(=O)=O. The van der Waals surface area contributed by atoms with Crippen molar-refractivity contribution < 1.29 is 13.2 Å². The number of unbranched alkanes of at least 4 members (excludes halogenated alkanes) is 3. The zero-order valence-electron chi connectivity index (χ0n) is 22.8. The number of hydrogen-bond acceptors (Lipinski definition) is 8. The molecule has 4 rings (SSSR count). The van der Waals surface area contributed by atoms with Crippen molar-refractivity contribution in [2.24, 2.45) is 0 Å². The second-order valence-electron chi connectivity index (χ2n) is 9.35. The zero-order valence-corrected chi connectivity index (χ0v) is 24.5. The van der Waals surface area contributed by atoms with Crippen molar-refractivity contribution in [3.8, 4) is 23.1 Å². The Hall–Kier alpha value is -3.03. The summed E-state index contributed by atoms with van der Waals surface area (Å²) in [5.41, 5.74) is 4.04. The van der Waals surface area contributed by atoms with E-state index < -0.39 is 10.0 Å². The number of nitrogens with zero attached hydrogens (tertiary/aromatic N) is 4. The number of rotatable bonds is 8. The Bertz CT molecular complexity index is 1390. The Labute approximate surface area is 230 Å². The molecule has 0 saturated carbocycles. The maximum absolute atomic E-state index is 11.8. The van der Waals surface area contributed by atoms with Gasteiger partial charge in [0.15, 0.2) is 0 Å². The summed E-state index contributed by atoms with van der Waals surface area (Å²) in [4.78, 5) is 11.0. The highest BCUT2D eigenvalue weighted by molar-refractivity contribution is 8.00. The van der Waals surface area contributed by atoms with Crippen LogP contribution in [0, 0.1) is 11.3 Å². The molecule has 38 heavy (non-hydrogen) atoms. The summed E-state index contributed by atoms with van der Waals surface area (Å²) in [6.45, 7) is 8.37. The number of hydrogen-bond donors (Lipinski definition) is 1. The van der Waals surface area contributed by atoms with Gasteiger partial charge in [-0.05, 0) is 23.8 Å². The van der Waals surface area contributed by atoms with E-state index in [1.165, 1.54) is 32.8 Å². The third-order valence-corrected chi connectivity index (χ3v) is 7.87. The monoisotopic (exact) mass is 555 g/mol. The Balaban J connectivity index is 0.000000599. The molecule has 8 nitrogen and oxygen atoms in total. The van der Waals surface area contributed by atoms with Crippen molar-refractivity contribution in [1.29, 1.82) is 5.26 Å². The molecule has 1 aliphatic rings. The molecule has 1 unspecified atom stereocenters. The molecule has 0 amide bonds. The first-order chi connectivity index (χ1) is 18.2. The van der Waals surface area contributed by atoms with Gasteiger partial charge in [0.25, 0.3) is 0 Å². The lowest BCUT2D eigenvalue weighted by molar-refractivity contribution is 0.400. The third kappa shape index (κ3) is 7.74. The van der Waals surface area contributed by atoms with Crippen LogP contribution < -0.4 is 14.4 Å². The van der Waals surface area contributed by atoms with Crippen molar-refractivity contribution >= 4 is 44.1 Å². The highest BCUT2D eigenvalue weighted by Gasteiger charge is 2.22. The Morgan fingerprint density at radius 3 is 2.50 bits per heavy atom. The van der Waals surface area contributed by atoms with Gasteiger partial charge < -0.3 is 9.64 Å². The summed E-state index contributed by atoms with van der Waals surface area (Å²) >= 11 is 1.93. The molecule has 204 valence electrons.